The quantitative estimate of drug-likeness (QED) is 0.150. The molecule has 0 aromatic heterocycles. The highest BCUT2D eigenvalue weighted by Crippen LogP contribution is 2.29. The second-order valence-corrected chi connectivity index (χ2v) is 10.6. The maximum absolute atomic E-state index is 13.4. The number of carbonyl (C=O) groups is 3. The van der Waals surface area contributed by atoms with Crippen LogP contribution in [0.4, 0.5) is 11.4 Å². The Kier molecular flexibility index (Phi) is 9.96. The molecule has 0 aliphatic carbocycles. The Morgan fingerprint density at radius 1 is 0.829 bits per heavy atom. The van der Waals surface area contributed by atoms with E-state index in [0.717, 1.165) is 16.0 Å². The van der Waals surface area contributed by atoms with Gasteiger partial charge in [0.1, 0.15) is 11.4 Å². The van der Waals surface area contributed by atoms with E-state index in [1.165, 1.54) is 11.8 Å². The molecule has 8 heteroatoms. The lowest BCUT2D eigenvalue weighted by Gasteiger charge is -2.15. The van der Waals surface area contributed by atoms with Gasteiger partial charge in [0.15, 0.2) is 0 Å². The van der Waals surface area contributed by atoms with E-state index in [9.17, 15) is 14.4 Å². The molecule has 0 aliphatic rings. The molecule has 4 aromatic carbocycles. The molecule has 4 aromatic rings. The predicted octanol–water partition coefficient (Wildman–Crippen LogP) is 6.53. The van der Waals surface area contributed by atoms with Crippen LogP contribution < -0.4 is 20.7 Å². The van der Waals surface area contributed by atoms with Gasteiger partial charge in [-0.05, 0) is 68.0 Å². The number of para-hydroxylation sites is 2. The summed E-state index contributed by atoms with van der Waals surface area (Å²) in [7, 11) is 1.55. The average molecular weight is 566 g/mol. The van der Waals surface area contributed by atoms with Crippen LogP contribution in [-0.2, 0) is 9.59 Å². The molecule has 0 bridgehead atoms. The fraction of sp³-hybridized carbons (Fsp3) is 0.121. The number of nitrogens with one attached hydrogen (secondary N) is 3. The molecule has 4 rings (SSSR count). The van der Waals surface area contributed by atoms with Gasteiger partial charge in [-0.15, -0.1) is 11.8 Å². The Bertz CT molecular complexity index is 1570. The van der Waals surface area contributed by atoms with Crippen molar-refractivity contribution in [2.45, 2.75) is 24.0 Å². The van der Waals surface area contributed by atoms with Crippen molar-refractivity contribution < 1.29 is 19.1 Å². The van der Waals surface area contributed by atoms with Gasteiger partial charge in [0, 0.05) is 16.1 Å². The minimum absolute atomic E-state index is 0.104. The summed E-state index contributed by atoms with van der Waals surface area (Å²) in [6.07, 6.45) is 1.64. The van der Waals surface area contributed by atoms with Crippen molar-refractivity contribution in [3.05, 3.63) is 126 Å². The third-order valence-electron chi connectivity index (χ3n) is 6.02. The van der Waals surface area contributed by atoms with E-state index >= 15 is 0 Å². The Balaban J connectivity index is 1.48. The Labute approximate surface area is 244 Å². The van der Waals surface area contributed by atoms with E-state index in [-0.39, 0.29) is 17.5 Å². The van der Waals surface area contributed by atoms with Crippen molar-refractivity contribution in [1.82, 2.24) is 5.32 Å². The van der Waals surface area contributed by atoms with Crippen LogP contribution in [-0.4, -0.2) is 30.1 Å². The van der Waals surface area contributed by atoms with Gasteiger partial charge >= 0.3 is 0 Å². The number of aryl methyl sites for hydroxylation is 1. The van der Waals surface area contributed by atoms with Crippen LogP contribution in [0.1, 0.15) is 28.4 Å². The number of hydrogen-bond acceptors (Lipinski definition) is 5. The van der Waals surface area contributed by atoms with Crippen LogP contribution in [0.2, 0.25) is 0 Å². The lowest BCUT2D eigenvalue weighted by molar-refractivity contribution is -0.115. The number of carbonyl (C=O) groups excluding carboxylic acids is 3. The number of ether oxygens (including phenoxy) is 1. The molecule has 7 nitrogen and oxygen atoms in total. The number of rotatable bonds is 10. The fourth-order valence-electron chi connectivity index (χ4n) is 3.95. The predicted molar refractivity (Wildman–Crippen MR) is 165 cm³/mol. The minimum Gasteiger partial charge on any atom is -0.495 e. The van der Waals surface area contributed by atoms with Crippen LogP contribution in [0.5, 0.6) is 5.75 Å². The highest BCUT2D eigenvalue weighted by atomic mass is 32.2. The standard InChI is InChI=1S/C33H31N3O4S/c1-22-11-9-12-24(19-22)20-29(36-32(38)25-13-5-4-6-14-25)33(39)34-26-15-10-16-27(21-26)41-23(2)31(37)35-28-17-7-8-18-30(28)40-3/h4-21,23H,1-3H3,(H,34,39)(H,35,37)(H,36,38)/b29-20+. The summed E-state index contributed by atoms with van der Waals surface area (Å²) in [5.74, 6) is -0.462. The van der Waals surface area contributed by atoms with Crippen LogP contribution in [0.15, 0.2) is 114 Å². The number of hydrogen-bond donors (Lipinski definition) is 3. The number of thioether (sulfide) groups is 1. The number of amides is 3. The second kappa shape index (κ2) is 14.0. The third-order valence-corrected chi connectivity index (χ3v) is 7.11. The summed E-state index contributed by atoms with van der Waals surface area (Å²) in [5.41, 5.74) is 3.48. The lowest BCUT2D eigenvalue weighted by Crippen LogP contribution is -2.30. The third kappa shape index (κ3) is 8.33. The Hall–Kier alpha value is -4.82. The van der Waals surface area contributed by atoms with Crippen molar-refractivity contribution in [1.29, 1.82) is 0 Å². The first-order chi connectivity index (χ1) is 19.8. The monoisotopic (exact) mass is 565 g/mol. The summed E-state index contributed by atoms with van der Waals surface area (Å²) < 4.78 is 5.32. The zero-order valence-electron chi connectivity index (χ0n) is 23.0. The van der Waals surface area contributed by atoms with Crippen LogP contribution >= 0.6 is 11.8 Å². The minimum atomic E-state index is -0.472. The van der Waals surface area contributed by atoms with Crippen molar-refractivity contribution >= 4 is 46.9 Å². The highest BCUT2D eigenvalue weighted by Gasteiger charge is 2.18. The molecule has 0 spiro atoms. The largest absolute Gasteiger partial charge is 0.495 e. The molecule has 0 saturated heterocycles. The van der Waals surface area contributed by atoms with E-state index in [4.69, 9.17) is 4.74 Å². The molecule has 1 atom stereocenters. The van der Waals surface area contributed by atoms with Gasteiger partial charge in [0.25, 0.3) is 11.8 Å². The first-order valence-corrected chi connectivity index (χ1v) is 13.9. The van der Waals surface area contributed by atoms with E-state index in [2.05, 4.69) is 16.0 Å². The van der Waals surface area contributed by atoms with Gasteiger partial charge in [-0.3, -0.25) is 14.4 Å². The molecular weight excluding hydrogens is 534 g/mol. The molecule has 0 fully saturated rings. The second-order valence-electron chi connectivity index (χ2n) is 9.22. The average Bonchev–Trinajstić information content (AvgIpc) is 2.97. The first kappa shape index (κ1) is 29.2. The smallest absolute Gasteiger partial charge is 0.272 e. The van der Waals surface area contributed by atoms with E-state index < -0.39 is 11.2 Å². The van der Waals surface area contributed by atoms with Gasteiger partial charge in [-0.25, -0.2) is 0 Å². The molecule has 0 aliphatic heterocycles. The maximum atomic E-state index is 13.4. The number of methoxy groups -OCH3 is 1. The molecule has 3 N–H and O–H groups in total. The fourth-order valence-corrected chi connectivity index (χ4v) is 4.88. The van der Waals surface area contributed by atoms with Crippen molar-refractivity contribution in [2.75, 3.05) is 17.7 Å². The van der Waals surface area contributed by atoms with Crippen molar-refractivity contribution in [3.8, 4) is 5.75 Å². The first-order valence-electron chi connectivity index (χ1n) is 13.0. The summed E-state index contributed by atoms with van der Waals surface area (Å²) >= 11 is 1.36. The molecule has 41 heavy (non-hydrogen) atoms. The summed E-state index contributed by atoms with van der Waals surface area (Å²) in [5, 5.41) is 8.11. The van der Waals surface area contributed by atoms with Crippen molar-refractivity contribution in [2.24, 2.45) is 0 Å². The summed E-state index contributed by atoms with van der Waals surface area (Å²) in [6, 6.07) is 30.8. The summed E-state index contributed by atoms with van der Waals surface area (Å²) in [4.78, 5) is 39.9. The van der Waals surface area contributed by atoms with Gasteiger partial charge in [-0.1, -0.05) is 66.2 Å². The van der Waals surface area contributed by atoms with E-state index in [1.807, 2.05) is 62.4 Å². The SMILES string of the molecule is COc1ccccc1NC(=O)C(C)Sc1cccc(NC(=O)/C(=C\c2cccc(C)c2)NC(=O)c2ccccc2)c1. The molecule has 0 radical (unpaired) electrons. The molecule has 208 valence electrons. The Morgan fingerprint density at radius 2 is 1.56 bits per heavy atom. The van der Waals surface area contributed by atoms with Gasteiger partial charge in [0.05, 0.1) is 18.0 Å². The van der Waals surface area contributed by atoms with Crippen LogP contribution in [0.25, 0.3) is 6.08 Å². The zero-order chi connectivity index (χ0) is 29.2. The Morgan fingerprint density at radius 3 is 2.32 bits per heavy atom. The lowest BCUT2D eigenvalue weighted by atomic mass is 10.1. The summed E-state index contributed by atoms with van der Waals surface area (Å²) in [6.45, 7) is 3.77. The maximum Gasteiger partial charge on any atom is 0.272 e. The van der Waals surface area contributed by atoms with Crippen LogP contribution in [0, 0.1) is 6.92 Å². The van der Waals surface area contributed by atoms with Gasteiger partial charge < -0.3 is 20.7 Å². The van der Waals surface area contributed by atoms with E-state index in [1.54, 1.807) is 67.8 Å². The van der Waals surface area contributed by atoms with E-state index in [0.29, 0.717) is 22.7 Å². The molecule has 1 unspecified atom stereocenters. The van der Waals surface area contributed by atoms with Crippen LogP contribution in [0.3, 0.4) is 0 Å². The molecule has 0 saturated carbocycles. The van der Waals surface area contributed by atoms with Gasteiger partial charge in [-0.2, -0.15) is 0 Å². The van der Waals surface area contributed by atoms with Crippen molar-refractivity contribution in [3.63, 3.8) is 0 Å². The number of anilines is 2. The zero-order valence-corrected chi connectivity index (χ0v) is 23.8. The van der Waals surface area contributed by atoms with Gasteiger partial charge in [0.2, 0.25) is 5.91 Å². The number of benzene rings is 4. The normalized spacial score (nSPS) is 11.7. The molecular formula is C33H31N3O4S. The molecule has 0 heterocycles. The topological polar surface area (TPSA) is 96.5 Å². The highest BCUT2D eigenvalue weighted by molar-refractivity contribution is 8.00. The molecule has 3 amide bonds.